The maximum atomic E-state index is 13.2. The van der Waals surface area contributed by atoms with Crippen LogP contribution in [0.2, 0.25) is 0 Å². The van der Waals surface area contributed by atoms with E-state index in [1.54, 1.807) is 21.1 Å². The van der Waals surface area contributed by atoms with E-state index >= 15 is 0 Å². The molecule has 1 saturated heterocycles. The number of amides is 2. The Morgan fingerprint density at radius 1 is 1.12 bits per heavy atom. The molecule has 0 aliphatic carbocycles. The van der Waals surface area contributed by atoms with Crippen LogP contribution in [0.15, 0.2) is 53.9 Å². The van der Waals surface area contributed by atoms with Gasteiger partial charge < -0.3 is 14.4 Å². The normalized spacial score (nSPS) is 18.1. The number of fused-ring (bicyclic) bond motifs is 1. The van der Waals surface area contributed by atoms with Crippen LogP contribution in [0.3, 0.4) is 0 Å². The minimum absolute atomic E-state index is 0.0124. The SMILES string of the molecule is CCC1Oc2ccc(-c3csc(-c4ccccc4)n3)cc2N(CC(=O)N2CCOCC2)C1=O. The first-order valence-corrected chi connectivity index (χ1v) is 12.0. The maximum Gasteiger partial charge on any atom is 0.268 e. The number of nitrogens with zero attached hydrogens (tertiary/aromatic N) is 3. The molecule has 0 bridgehead atoms. The Balaban J connectivity index is 1.46. The summed E-state index contributed by atoms with van der Waals surface area (Å²) in [6.07, 6.45) is -0.0563. The van der Waals surface area contributed by atoms with E-state index < -0.39 is 6.10 Å². The first-order valence-electron chi connectivity index (χ1n) is 11.1. The molecule has 5 rings (SSSR count). The van der Waals surface area contributed by atoms with Crippen molar-refractivity contribution < 1.29 is 19.1 Å². The lowest BCUT2D eigenvalue weighted by Gasteiger charge is -2.35. The van der Waals surface area contributed by atoms with Gasteiger partial charge in [-0.3, -0.25) is 14.5 Å². The molecule has 0 saturated carbocycles. The molecule has 33 heavy (non-hydrogen) atoms. The van der Waals surface area contributed by atoms with Crippen LogP contribution in [0.25, 0.3) is 21.8 Å². The number of aromatic nitrogens is 1. The summed E-state index contributed by atoms with van der Waals surface area (Å²) in [5, 5.41) is 2.94. The Kier molecular flexibility index (Phi) is 6.11. The van der Waals surface area contributed by atoms with Crippen LogP contribution >= 0.6 is 11.3 Å². The van der Waals surface area contributed by atoms with Crippen LogP contribution in [0.5, 0.6) is 5.75 Å². The van der Waals surface area contributed by atoms with E-state index in [-0.39, 0.29) is 18.4 Å². The van der Waals surface area contributed by atoms with E-state index in [4.69, 9.17) is 14.5 Å². The van der Waals surface area contributed by atoms with Crippen LogP contribution in [0.1, 0.15) is 13.3 Å². The third-order valence-electron chi connectivity index (χ3n) is 5.91. The van der Waals surface area contributed by atoms with Crippen LogP contribution in [-0.2, 0) is 14.3 Å². The highest BCUT2D eigenvalue weighted by molar-refractivity contribution is 7.13. The topological polar surface area (TPSA) is 72.0 Å². The molecular weight excluding hydrogens is 438 g/mol. The van der Waals surface area contributed by atoms with E-state index in [0.29, 0.717) is 44.2 Å². The molecule has 7 nitrogen and oxygen atoms in total. The van der Waals surface area contributed by atoms with Crippen molar-refractivity contribution in [2.45, 2.75) is 19.4 Å². The summed E-state index contributed by atoms with van der Waals surface area (Å²) >= 11 is 1.57. The molecule has 3 aromatic rings. The summed E-state index contributed by atoms with van der Waals surface area (Å²) in [4.78, 5) is 34.2. The molecule has 2 aromatic carbocycles. The fourth-order valence-electron chi connectivity index (χ4n) is 4.07. The molecule has 0 spiro atoms. The Morgan fingerprint density at radius 3 is 2.67 bits per heavy atom. The number of anilines is 1. The molecule has 3 heterocycles. The van der Waals surface area contributed by atoms with E-state index in [1.165, 1.54) is 0 Å². The lowest BCUT2D eigenvalue weighted by atomic mass is 10.1. The van der Waals surface area contributed by atoms with E-state index in [2.05, 4.69) is 0 Å². The van der Waals surface area contributed by atoms with Gasteiger partial charge in [-0.15, -0.1) is 11.3 Å². The second kappa shape index (κ2) is 9.33. The lowest BCUT2D eigenvalue weighted by Crippen LogP contribution is -2.52. The molecule has 8 heteroatoms. The predicted octanol–water partition coefficient (Wildman–Crippen LogP) is 3.84. The minimum Gasteiger partial charge on any atom is -0.478 e. The Bertz CT molecular complexity index is 1160. The maximum absolute atomic E-state index is 13.2. The van der Waals surface area contributed by atoms with Gasteiger partial charge in [-0.25, -0.2) is 4.98 Å². The van der Waals surface area contributed by atoms with Crippen molar-refractivity contribution in [1.29, 1.82) is 0 Å². The van der Waals surface area contributed by atoms with Crippen LogP contribution < -0.4 is 9.64 Å². The van der Waals surface area contributed by atoms with Crippen molar-refractivity contribution in [3.63, 3.8) is 0 Å². The Morgan fingerprint density at radius 2 is 1.91 bits per heavy atom. The molecule has 2 amide bonds. The van der Waals surface area contributed by atoms with Gasteiger partial charge in [0.2, 0.25) is 5.91 Å². The zero-order valence-corrected chi connectivity index (χ0v) is 19.2. The van der Waals surface area contributed by atoms with Gasteiger partial charge in [-0.2, -0.15) is 0 Å². The monoisotopic (exact) mass is 463 g/mol. The third-order valence-corrected chi connectivity index (χ3v) is 6.80. The number of carbonyl (C=O) groups excluding carboxylic acids is 2. The summed E-state index contributed by atoms with van der Waals surface area (Å²) in [6.45, 7) is 4.03. The summed E-state index contributed by atoms with van der Waals surface area (Å²) in [5.41, 5.74) is 3.38. The average molecular weight is 464 g/mol. The Labute approximate surface area is 196 Å². The molecule has 1 fully saturated rings. The van der Waals surface area contributed by atoms with Gasteiger partial charge in [0, 0.05) is 29.6 Å². The number of ether oxygens (including phenoxy) is 2. The van der Waals surface area contributed by atoms with Crippen molar-refractivity contribution in [1.82, 2.24) is 9.88 Å². The van der Waals surface area contributed by atoms with Crippen molar-refractivity contribution in [2.75, 3.05) is 37.7 Å². The smallest absolute Gasteiger partial charge is 0.268 e. The van der Waals surface area contributed by atoms with Gasteiger partial charge in [0.25, 0.3) is 5.91 Å². The van der Waals surface area contributed by atoms with Gasteiger partial charge in [-0.1, -0.05) is 37.3 Å². The van der Waals surface area contributed by atoms with Crippen LogP contribution in [0, 0.1) is 0 Å². The fourth-order valence-corrected chi connectivity index (χ4v) is 4.91. The number of hydrogen-bond donors (Lipinski definition) is 0. The molecule has 2 aliphatic rings. The molecule has 1 unspecified atom stereocenters. The summed E-state index contributed by atoms with van der Waals surface area (Å²) in [5.74, 6) is 0.338. The van der Waals surface area contributed by atoms with Crippen molar-refractivity contribution in [3.05, 3.63) is 53.9 Å². The zero-order valence-electron chi connectivity index (χ0n) is 18.4. The first kappa shape index (κ1) is 21.6. The largest absolute Gasteiger partial charge is 0.478 e. The zero-order chi connectivity index (χ0) is 22.8. The molecule has 170 valence electrons. The quantitative estimate of drug-likeness (QED) is 0.575. The second-order valence-corrected chi connectivity index (χ2v) is 8.88. The minimum atomic E-state index is -0.593. The van der Waals surface area contributed by atoms with E-state index in [0.717, 1.165) is 21.8 Å². The van der Waals surface area contributed by atoms with Crippen LogP contribution in [0.4, 0.5) is 5.69 Å². The highest BCUT2D eigenvalue weighted by Crippen LogP contribution is 2.39. The number of rotatable bonds is 5. The number of carbonyl (C=O) groups is 2. The van der Waals surface area contributed by atoms with Crippen molar-refractivity contribution >= 4 is 28.8 Å². The predicted molar refractivity (Wildman–Crippen MR) is 127 cm³/mol. The van der Waals surface area contributed by atoms with Gasteiger partial charge in [-0.05, 0) is 24.6 Å². The first-order chi connectivity index (χ1) is 16.1. The molecule has 1 aromatic heterocycles. The number of hydrogen-bond acceptors (Lipinski definition) is 6. The van der Waals surface area contributed by atoms with E-state index in [9.17, 15) is 9.59 Å². The molecule has 0 radical (unpaired) electrons. The van der Waals surface area contributed by atoms with Crippen LogP contribution in [-0.4, -0.2) is 60.7 Å². The van der Waals surface area contributed by atoms with Crippen molar-refractivity contribution in [2.24, 2.45) is 0 Å². The van der Waals surface area contributed by atoms with Gasteiger partial charge in [0.05, 0.1) is 24.6 Å². The second-order valence-electron chi connectivity index (χ2n) is 8.02. The van der Waals surface area contributed by atoms with Crippen molar-refractivity contribution in [3.8, 4) is 27.6 Å². The molecular formula is C25H25N3O4S. The number of thiazole rings is 1. The molecule has 1 atom stereocenters. The van der Waals surface area contributed by atoms with Gasteiger partial charge in [0.1, 0.15) is 17.3 Å². The van der Waals surface area contributed by atoms with Gasteiger partial charge >= 0.3 is 0 Å². The number of morpholine rings is 1. The average Bonchev–Trinajstić information content (AvgIpc) is 3.37. The summed E-state index contributed by atoms with van der Waals surface area (Å²) in [7, 11) is 0. The van der Waals surface area contributed by atoms with Gasteiger partial charge in [0.15, 0.2) is 6.10 Å². The third kappa shape index (κ3) is 4.36. The summed E-state index contributed by atoms with van der Waals surface area (Å²) in [6, 6.07) is 15.8. The molecule has 0 N–H and O–H groups in total. The standard InChI is InChI=1S/C25H25N3O4S/c1-2-21-25(30)28(15-23(29)27-10-12-31-13-11-27)20-14-18(8-9-22(20)32-21)19-16-33-24(26-19)17-6-4-3-5-7-17/h3-9,14,16,21H,2,10-13,15H2,1H3. The van der Waals surface area contributed by atoms with E-state index in [1.807, 2.05) is 60.8 Å². The highest BCUT2D eigenvalue weighted by Gasteiger charge is 2.35. The number of benzene rings is 2. The fraction of sp³-hybridized carbons (Fsp3) is 0.320. The highest BCUT2D eigenvalue weighted by atomic mass is 32.1. The Hall–Kier alpha value is -3.23. The summed E-state index contributed by atoms with van der Waals surface area (Å²) < 4.78 is 11.3. The molecule has 2 aliphatic heterocycles. The lowest BCUT2D eigenvalue weighted by molar-refractivity contribution is -0.136.